The van der Waals surface area contributed by atoms with Crippen LogP contribution in [0.2, 0.25) is 0 Å². The fourth-order valence-electron chi connectivity index (χ4n) is 5.27. The van der Waals surface area contributed by atoms with E-state index in [1.54, 1.807) is 0 Å². The van der Waals surface area contributed by atoms with E-state index in [0.29, 0.717) is 23.9 Å². The standard InChI is InChI=1S/C50H82NO8P/c1-6-8-10-12-14-16-18-20-22-24-25-27-29-31-33-35-37-39-41-43-50(53)59-48(47-58-60(54,55)57-45-44-51(3,4)5)46-56-49(52)42-40-38-36-34-32-30-28-26-23-21-19-17-15-13-11-9-7-2/h9,11,14-17,20-23,25,27-28,30-31,33,37,39,48H,6-8,10,12-13,18-19,24,26,29,32,34-36,38,40-47H2,1-5H3/b11-9-,16-14-,17-15-,22-20-,23-21-,27-25-,30-28-,33-31-,39-37-/t48-/m1/s1. The summed E-state index contributed by atoms with van der Waals surface area (Å²) in [6.45, 7) is 3.94. The van der Waals surface area contributed by atoms with Gasteiger partial charge in [0.15, 0.2) is 6.10 Å². The zero-order valence-electron chi connectivity index (χ0n) is 38.1. The van der Waals surface area contributed by atoms with Gasteiger partial charge in [-0.15, -0.1) is 0 Å². The number of phosphoric acid groups is 1. The molecule has 0 aliphatic heterocycles. The third kappa shape index (κ3) is 44.2. The normalized spacial score (nSPS) is 14.6. The van der Waals surface area contributed by atoms with Gasteiger partial charge >= 0.3 is 11.9 Å². The molecule has 9 nitrogen and oxygen atoms in total. The van der Waals surface area contributed by atoms with Crippen molar-refractivity contribution in [2.75, 3.05) is 47.5 Å². The number of ether oxygens (including phenoxy) is 2. The number of quaternary nitrogens is 1. The van der Waals surface area contributed by atoms with Crippen LogP contribution in [0.1, 0.15) is 142 Å². The average molecular weight is 856 g/mol. The molecule has 0 aromatic rings. The number of carbonyl (C=O) groups is 2. The minimum absolute atomic E-state index is 0.0550. The first kappa shape index (κ1) is 56.7. The van der Waals surface area contributed by atoms with Gasteiger partial charge in [0.2, 0.25) is 0 Å². The molecule has 0 amide bonds. The lowest BCUT2D eigenvalue weighted by atomic mass is 10.1. The van der Waals surface area contributed by atoms with Crippen LogP contribution in [-0.2, 0) is 32.7 Å². The summed E-state index contributed by atoms with van der Waals surface area (Å²) in [6.07, 6.45) is 55.6. The maximum Gasteiger partial charge on any atom is 0.306 e. The van der Waals surface area contributed by atoms with Gasteiger partial charge in [-0.05, 0) is 89.9 Å². The van der Waals surface area contributed by atoms with Gasteiger partial charge in [0, 0.05) is 12.8 Å². The van der Waals surface area contributed by atoms with E-state index < -0.39 is 32.5 Å². The van der Waals surface area contributed by atoms with Crippen LogP contribution in [0.5, 0.6) is 0 Å². The fourth-order valence-corrected chi connectivity index (χ4v) is 6.00. The number of hydrogen-bond donors (Lipinski definition) is 0. The van der Waals surface area contributed by atoms with Crippen LogP contribution in [0.4, 0.5) is 0 Å². The Bertz CT molecular complexity index is 1380. The smallest absolute Gasteiger partial charge is 0.306 e. The number of carbonyl (C=O) groups excluding carboxylic acids is 2. The van der Waals surface area contributed by atoms with Crippen LogP contribution in [-0.4, -0.2) is 70.0 Å². The van der Waals surface area contributed by atoms with E-state index in [1.165, 1.54) is 25.7 Å². The molecule has 0 aromatic heterocycles. The van der Waals surface area contributed by atoms with Crippen LogP contribution in [0.15, 0.2) is 109 Å². The van der Waals surface area contributed by atoms with E-state index in [2.05, 4.69) is 111 Å². The molecule has 0 fully saturated rings. The minimum Gasteiger partial charge on any atom is -0.756 e. The summed E-state index contributed by atoms with van der Waals surface area (Å²) in [5.41, 5.74) is 0. The monoisotopic (exact) mass is 856 g/mol. The SMILES string of the molecule is CC/C=C\C/C=C\C/C=C\C/C=C\CCCCCCC(=O)OC[C@H](COP(=O)([O-])OCC[N+](C)(C)C)OC(=O)CC/C=C\C/C=C\C/C=C\C/C=C\C/C=C\CCCCC. The largest absolute Gasteiger partial charge is 0.756 e. The van der Waals surface area contributed by atoms with E-state index in [4.69, 9.17) is 18.5 Å². The fraction of sp³-hybridized carbons (Fsp3) is 0.600. The van der Waals surface area contributed by atoms with E-state index >= 15 is 0 Å². The third-order valence-electron chi connectivity index (χ3n) is 8.79. The minimum atomic E-state index is -4.66. The average Bonchev–Trinajstić information content (AvgIpc) is 3.20. The maximum absolute atomic E-state index is 12.7. The van der Waals surface area contributed by atoms with Gasteiger partial charge in [-0.1, -0.05) is 149 Å². The topological polar surface area (TPSA) is 111 Å². The number of allylic oxidation sites excluding steroid dienone is 18. The lowest BCUT2D eigenvalue weighted by Crippen LogP contribution is -2.37. The summed E-state index contributed by atoms with van der Waals surface area (Å²) in [5.74, 6) is -0.971. The third-order valence-corrected chi connectivity index (χ3v) is 9.75. The Kier molecular flexibility index (Phi) is 38.8. The molecule has 60 heavy (non-hydrogen) atoms. The number of phosphoric ester groups is 1. The lowest BCUT2D eigenvalue weighted by Gasteiger charge is -2.28. The number of rotatable bonds is 39. The van der Waals surface area contributed by atoms with E-state index in [-0.39, 0.29) is 26.1 Å². The van der Waals surface area contributed by atoms with Gasteiger partial charge < -0.3 is 27.9 Å². The highest BCUT2D eigenvalue weighted by Crippen LogP contribution is 2.38. The molecule has 0 aliphatic rings. The molecule has 0 aromatic carbocycles. The molecule has 0 heterocycles. The van der Waals surface area contributed by atoms with Crippen LogP contribution in [0.3, 0.4) is 0 Å². The number of likely N-dealkylation sites (N-methyl/N-ethyl adjacent to an activating group) is 1. The number of nitrogens with zero attached hydrogens (tertiary/aromatic N) is 1. The molecule has 0 bridgehead atoms. The highest BCUT2D eigenvalue weighted by Gasteiger charge is 2.21. The van der Waals surface area contributed by atoms with E-state index in [1.807, 2.05) is 33.3 Å². The molecule has 0 spiro atoms. The van der Waals surface area contributed by atoms with Crippen molar-refractivity contribution < 1.29 is 42.1 Å². The van der Waals surface area contributed by atoms with E-state index in [0.717, 1.165) is 77.0 Å². The molecule has 340 valence electrons. The van der Waals surface area contributed by atoms with Crippen molar-refractivity contribution in [1.82, 2.24) is 0 Å². The molecule has 0 rings (SSSR count). The number of esters is 2. The highest BCUT2D eigenvalue weighted by atomic mass is 31.2. The van der Waals surface area contributed by atoms with Crippen LogP contribution < -0.4 is 4.89 Å². The second-order valence-electron chi connectivity index (χ2n) is 15.7. The zero-order valence-corrected chi connectivity index (χ0v) is 39.0. The van der Waals surface area contributed by atoms with Crippen molar-refractivity contribution in [1.29, 1.82) is 0 Å². The number of hydrogen-bond acceptors (Lipinski definition) is 8. The summed E-state index contributed by atoms with van der Waals surface area (Å²) in [5, 5.41) is 0. The molecular weight excluding hydrogens is 774 g/mol. The Balaban J connectivity index is 4.54. The van der Waals surface area contributed by atoms with Crippen molar-refractivity contribution in [2.45, 2.75) is 148 Å². The predicted molar refractivity (Wildman–Crippen MR) is 249 cm³/mol. The maximum atomic E-state index is 12.7. The van der Waals surface area contributed by atoms with Crippen molar-refractivity contribution in [2.24, 2.45) is 0 Å². The first-order valence-corrected chi connectivity index (χ1v) is 24.1. The Labute approximate surface area is 366 Å². The Morgan fingerprint density at radius 1 is 0.533 bits per heavy atom. The molecular formula is C50H82NO8P. The van der Waals surface area contributed by atoms with Crippen LogP contribution >= 0.6 is 7.82 Å². The van der Waals surface area contributed by atoms with Gasteiger partial charge in [-0.25, -0.2) is 0 Å². The Morgan fingerprint density at radius 2 is 0.983 bits per heavy atom. The van der Waals surface area contributed by atoms with Gasteiger partial charge in [-0.2, -0.15) is 0 Å². The first-order valence-electron chi connectivity index (χ1n) is 22.6. The van der Waals surface area contributed by atoms with Gasteiger partial charge in [-0.3, -0.25) is 14.2 Å². The molecule has 0 radical (unpaired) electrons. The quantitative estimate of drug-likeness (QED) is 0.0198. The van der Waals surface area contributed by atoms with Crippen molar-refractivity contribution in [3.63, 3.8) is 0 Å². The molecule has 2 atom stereocenters. The van der Waals surface area contributed by atoms with Gasteiger partial charge in [0.05, 0.1) is 27.7 Å². The molecule has 1 unspecified atom stereocenters. The molecule has 0 saturated carbocycles. The van der Waals surface area contributed by atoms with Gasteiger partial charge in [0.25, 0.3) is 7.82 Å². The number of unbranched alkanes of at least 4 members (excludes halogenated alkanes) is 7. The summed E-state index contributed by atoms with van der Waals surface area (Å²) in [7, 11) is 1.08. The summed E-state index contributed by atoms with van der Waals surface area (Å²) >= 11 is 0. The Morgan fingerprint density at radius 3 is 1.47 bits per heavy atom. The van der Waals surface area contributed by atoms with Crippen molar-refractivity contribution >= 4 is 19.8 Å². The van der Waals surface area contributed by atoms with Crippen LogP contribution in [0, 0.1) is 0 Å². The second kappa shape index (κ2) is 41.0. The summed E-state index contributed by atoms with van der Waals surface area (Å²) < 4.78 is 33.8. The predicted octanol–water partition coefficient (Wildman–Crippen LogP) is 12.5. The second-order valence-corrected chi connectivity index (χ2v) is 17.1. The van der Waals surface area contributed by atoms with Crippen LogP contribution in [0.25, 0.3) is 0 Å². The molecule has 0 aliphatic carbocycles. The van der Waals surface area contributed by atoms with E-state index in [9.17, 15) is 19.0 Å². The first-order chi connectivity index (χ1) is 29.0. The van der Waals surface area contributed by atoms with Gasteiger partial charge in [0.1, 0.15) is 19.8 Å². The van der Waals surface area contributed by atoms with Crippen molar-refractivity contribution in [3.8, 4) is 0 Å². The molecule has 0 saturated heterocycles. The molecule has 10 heteroatoms. The molecule has 0 N–H and O–H groups in total. The summed E-state index contributed by atoms with van der Waals surface area (Å²) in [4.78, 5) is 37.5. The Hall–Kier alpha value is -3.33. The highest BCUT2D eigenvalue weighted by molar-refractivity contribution is 7.45. The zero-order chi connectivity index (χ0) is 44.3. The summed E-state index contributed by atoms with van der Waals surface area (Å²) in [6, 6.07) is 0. The van der Waals surface area contributed by atoms with Crippen molar-refractivity contribution in [3.05, 3.63) is 109 Å². The lowest BCUT2D eigenvalue weighted by molar-refractivity contribution is -0.870.